The second kappa shape index (κ2) is 13.6. The van der Waals surface area contributed by atoms with E-state index in [2.05, 4.69) is 48.6 Å². The normalized spacial score (nSPS) is 11.1. The smallest absolute Gasteiger partial charge is 0.407 e. The van der Waals surface area contributed by atoms with Gasteiger partial charge in [-0.05, 0) is 68.1 Å². The van der Waals surface area contributed by atoms with Gasteiger partial charge in [0.2, 0.25) is 0 Å². The zero-order chi connectivity index (χ0) is 26.7. The van der Waals surface area contributed by atoms with Gasteiger partial charge in [-0.2, -0.15) is 0 Å². The van der Waals surface area contributed by atoms with E-state index in [1.54, 1.807) is 7.11 Å². The van der Waals surface area contributed by atoms with Crippen LogP contribution in [0, 0.1) is 0 Å². The lowest BCUT2D eigenvalue weighted by molar-refractivity contribution is 0.0520. The summed E-state index contributed by atoms with van der Waals surface area (Å²) in [6.45, 7) is 9.05. The predicted octanol–water partition coefficient (Wildman–Crippen LogP) is 7.50. The lowest BCUT2D eigenvalue weighted by Gasteiger charge is -2.20. The van der Waals surface area contributed by atoms with E-state index in [1.807, 2.05) is 51.1 Å². The van der Waals surface area contributed by atoms with Crippen LogP contribution < -0.4 is 19.5 Å². The summed E-state index contributed by atoms with van der Waals surface area (Å²) in [6.07, 6.45) is 2.99. The summed E-state index contributed by atoms with van der Waals surface area (Å²) in [5, 5.41) is 2.72. The minimum Gasteiger partial charge on any atom is -0.497 e. The van der Waals surface area contributed by atoms with Crippen molar-refractivity contribution < 1.29 is 23.7 Å². The van der Waals surface area contributed by atoms with Crippen LogP contribution in [0.2, 0.25) is 0 Å². The molecule has 0 saturated carbocycles. The standard InChI is InChI=1S/C31H39NO5/c1-6-7-8-20-35-26-15-13-24(14-16-26)23-9-11-25(12-10-23)28-18-17-27(34-5)22-29(28)36-21-19-32-30(33)37-31(2,3)4/h9-18,22H,6-8,19-21H2,1-5H3,(H,32,33). The molecule has 0 aliphatic carbocycles. The first-order valence-corrected chi connectivity index (χ1v) is 12.9. The SMILES string of the molecule is CCCCCOc1ccc(-c2ccc(-c3ccc(OC)cc3OCCNC(=O)OC(C)(C)C)cc2)cc1. The Bertz CT molecular complexity index is 1120. The second-order valence-corrected chi connectivity index (χ2v) is 9.80. The molecule has 0 radical (unpaired) electrons. The van der Waals surface area contributed by atoms with Crippen molar-refractivity contribution in [2.45, 2.75) is 52.6 Å². The van der Waals surface area contributed by atoms with E-state index in [9.17, 15) is 4.79 Å². The lowest BCUT2D eigenvalue weighted by Crippen LogP contribution is -2.34. The first-order chi connectivity index (χ1) is 17.8. The van der Waals surface area contributed by atoms with Crippen LogP contribution in [-0.4, -0.2) is 38.6 Å². The summed E-state index contributed by atoms with van der Waals surface area (Å²) in [4.78, 5) is 11.9. The van der Waals surface area contributed by atoms with Crippen molar-refractivity contribution in [1.82, 2.24) is 5.32 Å². The van der Waals surface area contributed by atoms with Crippen molar-refractivity contribution in [1.29, 1.82) is 0 Å². The van der Waals surface area contributed by atoms with Crippen LogP contribution in [0.4, 0.5) is 4.79 Å². The van der Waals surface area contributed by atoms with Gasteiger partial charge < -0.3 is 24.3 Å². The molecule has 198 valence electrons. The van der Waals surface area contributed by atoms with E-state index >= 15 is 0 Å². The fraction of sp³-hybridized carbons (Fsp3) is 0.387. The van der Waals surface area contributed by atoms with Gasteiger partial charge in [0, 0.05) is 11.6 Å². The van der Waals surface area contributed by atoms with Crippen LogP contribution in [-0.2, 0) is 4.74 Å². The highest BCUT2D eigenvalue weighted by molar-refractivity contribution is 5.75. The number of rotatable bonds is 12. The minimum absolute atomic E-state index is 0.296. The number of ether oxygens (including phenoxy) is 4. The number of unbranched alkanes of at least 4 members (excludes halogenated alkanes) is 2. The number of nitrogens with one attached hydrogen (secondary N) is 1. The van der Waals surface area contributed by atoms with E-state index < -0.39 is 11.7 Å². The van der Waals surface area contributed by atoms with Crippen molar-refractivity contribution in [3.8, 4) is 39.5 Å². The summed E-state index contributed by atoms with van der Waals surface area (Å²) >= 11 is 0. The number of hydrogen-bond acceptors (Lipinski definition) is 5. The average Bonchev–Trinajstić information content (AvgIpc) is 2.88. The number of benzene rings is 3. The largest absolute Gasteiger partial charge is 0.497 e. The monoisotopic (exact) mass is 505 g/mol. The molecule has 6 heteroatoms. The fourth-order valence-corrected chi connectivity index (χ4v) is 3.74. The molecule has 3 rings (SSSR count). The highest BCUT2D eigenvalue weighted by Gasteiger charge is 2.16. The maximum Gasteiger partial charge on any atom is 0.407 e. The van der Waals surface area contributed by atoms with Gasteiger partial charge in [-0.25, -0.2) is 4.79 Å². The fourth-order valence-electron chi connectivity index (χ4n) is 3.74. The topological polar surface area (TPSA) is 66.0 Å². The van der Waals surface area contributed by atoms with Gasteiger partial charge in [0.25, 0.3) is 0 Å². The van der Waals surface area contributed by atoms with E-state index in [-0.39, 0.29) is 0 Å². The first kappa shape index (κ1) is 27.9. The molecule has 1 amide bonds. The van der Waals surface area contributed by atoms with E-state index in [1.165, 1.54) is 12.8 Å². The number of alkyl carbamates (subject to hydrolysis) is 1. The Balaban J connectivity index is 1.65. The molecule has 0 aromatic heterocycles. The van der Waals surface area contributed by atoms with Crippen LogP contribution in [0.3, 0.4) is 0 Å². The Morgan fingerprint density at radius 3 is 2.03 bits per heavy atom. The van der Waals surface area contributed by atoms with Crippen LogP contribution in [0.5, 0.6) is 17.2 Å². The summed E-state index contributed by atoms with van der Waals surface area (Å²) < 4.78 is 22.5. The van der Waals surface area contributed by atoms with Crippen LogP contribution in [0.15, 0.2) is 66.7 Å². The maximum absolute atomic E-state index is 11.9. The number of methoxy groups -OCH3 is 1. The Morgan fingerprint density at radius 2 is 1.41 bits per heavy atom. The Hall–Kier alpha value is -3.67. The van der Waals surface area contributed by atoms with Gasteiger partial charge in [-0.1, -0.05) is 56.2 Å². The molecule has 0 heterocycles. The molecule has 37 heavy (non-hydrogen) atoms. The zero-order valence-electron chi connectivity index (χ0n) is 22.6. The summed E-state index contributed by atoms with van der Waals surface area (Å²) in [5.74, 6) is 2.28. The molecule has 0 spiro atoms. The third kappa shape index (κ3) is 9.05. The summed E-state index contributed by atoms with van der Waals surface area (Å²) in [5.41, 5.74) is 3.68. The van der Waals surface area contributed by atoms with Crippen molar-refractivity contribution in [2.24, 2.45) is 0 Å². The van der Waals surface area contributed by atoms with Crippen molar-refractivity contribution in [2.75, 3.05) is 26.9 Å². The number of carbonyl (C=O) groups excluding carboxylic acids is 1. The Labute approximate surface area is 220 Å². The van der Waals surface area contributed by atoms with E-state index in [0.717, 1.165) is 41.0 Å². The van der Waals surface area contributed by atoms with Crippen molar-refractivity contribution in [3.63, 3.8) is 0 Å². The predicted molar refractivity (Wildman–Crippen MR) is 149 cm³/mol. The number of carbonyl (C=O) groups is 1. The van der Waals surface area contributed by atoms with Crippen molar-refractivity contribution in [3.05, 3.63) is 66.7 Å². The molecular weight excluding hydrogens is 466 g/mol. The molecule has 0 atom stereocenters. The van der Waals surface area contributed by atoms with Crippen molar-refractivity contribution >= 4 is 6.09 Å². The molecular formula is C31H39NO5. The number of amides is 1. The molecule has 0 fully saturated rings. The van der Waals surface area contributed by atoms with Gasteiger partial charge in [0.1, 0.15) is 29.5 Å². The highest BCUT2D eigenvalue weighted by atomic mass is 16.6. The van der Waals surface area contributed by atoms with Gasteiger partial charge in [0.15, 0.2) is 0 Å². The average molecular weight is 506 g/mol. The van der Waals surface area contributed by atoms with Gasteiger partial charge in [-0.15, -0.1) is 0 Å². The maximum atomic E-state index is 11.9. The quantitative estimate of drug-likeness (QED) is 0.258. The molecule has 1 N–H and O–H groups in total. The first-order valence-electron chi connectivity index (χ1n) is 12.9. The Morgan fingerprint density at radius 1 is 0.784 bits per heavy atom. The third-order valence-corrected chi connectivity index (χ3v) is 5.62. The van der Waals surface area contributed by atoms with Crippen LogP contribution in [0.1, 0.15) is 47.0 Å². The molecule has 0 saturated heterocycles. The molecule has 0 unspecified atom stereocenters. The van der Waals surface area contributed by atoms with E-state index in [4.69, 9.17) is 18.9 Å². The highest BCUT2D eigenvalue weighted by Crippen LogP contribution is 2.35. The summed E-state index contributed by atoms with van der Waals surface area (Å²) in [7, 11) is 1.62. The second-order valence-electron chi connectivity index (χ2n) is 9.80. The zero-order valence-corrected chi connectivity index (χ0v) is 22.6. The minimum atomic E-state index is -0.541. The summed E-state index contributed by atoms with van der Waals surface area (Å²) in [6, 6.07) is 22.3. The molecule has 0 aliphatic heterocycles. The van der Waals surface area contributed by atoms with Gasteiger partial charge in [0.05, 0.1) is 20.3 Å². The molecule has 0 bridgehead atoms. The third-order valence-electron chi connectivity index (χ3n) is 5.62. The molecule has 0 aliphatic rings. The lowest BCUT2D eigenvalue weighted by atomic mass is 9.99. The molecule has 6 nitrogen and oxygen atoms in total. The van der Waals surface area contributed by atoms with Gasteiger partial charge >= 0.3 is 6.09 Å². The van der Waals surface area contributed by atoms with Crippen LogP contribution >= 0.6 is 0 Å². The van der Waals surface area contributed by atoms with Crippen LogP contribution in [0.25, 0.3) is 22.3 Å². The van der Waals surface area contributed by atoms with E-state index in [0.29, 0.717) is 24.7 Å². The molecule has 3 aromatic carbocycles. The Kier molecular flexibility index (Phi) is 10.2. The number of hydrogen-bond donors (Lipinski definition) is 1. The van der Waals surface area contributed by atoms with Gasteiger partial charge in [-0.3, -0.25) is 0 Å². The molecule has 3 aromatic rings.